The van der Waals surface area contributed by atoms with Crippen molar-refractivity contribution in [2.24, 2.45) is 0 Å². The van der Waals surface area contributed by atoms with Crippen molar-refractivity contribution < 1.29 is 0 Å². The van der Waals surface area contributed by atoms with E-state index < -0.39 is 11.1 Å². The van der Waals surface area contributed by atoms with Crippen LogP contribution in [0.25, 0.3) is 21.8 Å². The van der Waals surface area contributed by atoms with Crippen molar-refractivity contribution in [1.82, 2.24) is 9.97 Å². The van der Waals surface area contributed by atoms with Crippen LogP contribution in [0.15, 0.2) is 46.0 Å². The lowest BCUT2D eigenvalue weighted by atomic mass is 10.1. The second-order valence-corrected chi connectivity index (χ2v) is 3.65. The minimum Gasteiger partial charge on any atom is -0.316 e. The Hall–Kier alpha value is -2.36. The number of benzene rings is 2. The Kier molecular flexibility index (Phi) is 3.28. The molecular formula is C14H14N2O2. The Morgan fingerprint density at radius 1 is 0.778 bits per heavy atom. The number of hydrogen-bond acceptors (Lipinski definition) is 2. The van der Waals surface area contributed by atoms with Gasteiger partial charge in [0.2, 0.25) is 0 Å². The van der Waals surface area contributed by atoms with E-state index in [9.17, 15) is 9.59 Å². The Labute approximate surface area is 103 Å². The first-order chi connectivity index (χ1) is 8.74. The Balaban J connectivity index is 0.000000574. The van der Waals surface area contributed by atoms with Crippen LogP contribution in [-0.2, 0) is 0 Å². The Morgan fingerprint density at radius 2 is 1.17 bits per heavy atom. The van der Waals surface area contributed by atoms with Gasteiger partial charge in [-0.05, 0) is 22.9 Å². The van der Waals surface area contributed by atoms with Crippen LogP contribution in [0.5, 0.6) is 0 Å². The standard InChI is InChI=1S/C12H8N2O2.C2H6/c15-11-12(16)14-10-6-8-4-2-1-3-7(8)5-9(10)13-11;1-2/h1-6H,(H,13,15)(H,14,16);1-2H3. The lowest BCUT2D eigenvalue weighted by molar-refractivity contribution is 1.15. The van der Waals surface area contributed by atoms with Crippen molar-refractivity contribution in [2.45, 2.75) is 13.8 Å². The van der Waals surface area contributed by atoms with Crippen LogP contribution < -0.4 is 11.1 Å². The van der Waals surface area contributed by atoms with Gasteiger partial charge in [-0.25, -0.2) is 0 Å². The summed E-state index contributed by atoms with van der Waals surface area (Å²) in [5, 5.41) is 2.05. The maximum Gasteiger partial charge on any atom is 0.314 e. The molecule has 0 amide bonds. The molecule has 1 aromatic heterocycles. The fourth-order valence-corrected chi connectivity index (χ4v) is 1.81. The number of rotatable bonds is 0. The molecule has 0 aliphatic carbocycles. The lowest BCUT2D eigenvalue weighted by Gasteiger charge is -2.00. The molecule has 1 heterocycles. The van der Waals surface area contributed by atoms with E-state index in [-0.39, 0.29) is 0 Å². The number of fused-ring (bicyclic) bond motifs is 2. The molecule has 0 bridgehead atoms. The highest BCUT2D eigenvalue weighted by molar-refractivity contribution is 5.94. The molecule has 0 unspecified atom stereocenters. The third-order valence-electron chi connectivity index (χ3n) is 2.59. The first-order valence-corrected chi connectivity index (χ1v) is 5.89. The van der Waals surface area contributed by atoms with Gasteiger partial charge >= 0.3 is 11.1 Å². The molecule has 0 aliphatic rings. The smallest absolute Gasteiger partial charge is 0.314 e. The van der Waals surface area contributed by atoms with Gasteiger partial charge < -0.3 is 9.97 Å². The van der Waals surface area contributed by atoms with Gasteiger partial charge in [-0.1, -0.05) is 38.1 Å². The van der Waals surface area contributed by atoms with Crippen molar-refractivity contribution >= 4 is 21.8 Å². The average molecular weight is 242 g/mol. The molecule has 0 fully saturated rings. The van der Waals surface area contributed by atoms with Crippen LogP contribution in [0, 0.1) is 0 Å². The summed E-state index contributed by atoms with van der Waals surface area (Å²) in [5.41, 5.74) is 0.0390. The number of aromatic amines is 2. The lowest BCUT2D eigenvalue weighted by Crippen LogP contribution is -2.28. The van der Waals surface area contributed by atoms with Gasteiger partial charge in [0.05, 0.1) is 11.0 Å². The van der Waals surface area contributed by atoms with Crippen molar-refractivity contribution in [1.29, 1.82) is 0 Å². The minimum absolute atomic E-state index is 0.622. The molecule has 0 spiro atoms. The van der Waals surface area contributed by atoms with E-state index in [1.54, 1.807) is 0 Å². The summed E-state index contributed by atoms with van der Waals surface area (Å²) >= 11 is 0. The van der Waals surface area contributed by atoms with E-state index in [1.807, 2.05) is 50.2 Å². The van der Waals surface area contributed by atoms with Crippen LogP contribution >= 0.6 is 0 Å². The molecule has 0 saturated carbocycles. The average Bonchev–Trinajstić information content (AvgIpc) is 2.40. The van der Waals surface area contributed by atoms with E-state index in [0.717, 1.165) is 10.8 Å². The predicted octanol–water partition coefficient (Wildman–Crippen LogP) is 2.40. The van der Waals surface area contributed by atoms with Gasteiger partial charge in [-0.3, -0.25) is 9.59 Å². The summed E-state index contributed by atoms with van der Waals surface area (Å²) in [6.07, 6.45) is 0. The molecule has 3 rings (SSSR count). The minimum atomic E-state index is -0.622. The zero-order chi connectivity index (χ0) is 13.1. The van der Waals surface area contributed by atoms with Crippen molar-refractivity contribution in [3.63, 3.8) is 0 Å². The van der Waals surface area contributed by atoms with Gasteiger partial charge in [-0.15, -0.1) is 0 Å². The molecule has 4 heteroatoms. The zero-order valence-electron chi connectivity index (χ0n) is 10.3. The molecule has 3 aromatic rings. The second-order valence-electron chi connectivity index (χ2n) is 3.65. The normalized spacial score (nSPS) is 10.1. The molecule has 92 valence electrons. The van der Waals surface area contributed by atoms with E-state index in [1.165, 1.54) is 0 Å². The molecule has 0 radical (unpaired) electrons. The molecule has 0 saturated heterocycles. The van der Waals surface area contributed by atoms with Crippen molar-refractivity contribution in [3.05, 3.63) is 57.1 Å². The van der Waals surface area contributed by atoms with E-state index in [0.29, 0.717) is 11.0 Å². The summed E-state index contributed by atoms with van der Waals surface area (Å²) < 4.78 is 0. The number of aromatic nitrogens is 2. The number of nitrogens with one attached hydrogen (secondary N) is 2. The molecule has 2 aromatic carbocycles. The molecule has 18 heavy (non-hydrogen) atoms. The maximum atomic E-state index is 11.2. The van der Waals surface area contributed by atoms with Gasteiger partial charge in [0.25, 0.3) is 0 Å². The SMILES string of the molecule is CC.O=c1[nH]c2cc3ccccc3cc2[nH]c1=O. The second kappa shape index (κ2) is 4.87. The van der Waals surface area contributed by atoms with E-state index in [4.69, 9.17) is 0 Å². The zero-order valence-corrected chi connectivity index (χ0v) is 10.3. The summed E-state index contributed by atoms with van der Waals surface area (Å²) in [6.45, 7) is 4.00. The Morgan fingerprint density at radius 3 is 1.56 bits per heavy atom. The summed E-state index contributed by atoms with van der Waals surface area (Å²) in [5.74, 6) is 0. The van der Waals surface area contributed by atoms with E-state index >= 15 is 0 Å². The van der Waals surface area contributed by atoms with Gasteiger partial charge in [0.15, 0.2) is 0 Å². The van der Waals surface area contributed by atoms with Crippen LogP contribution in [0.3, 0.4) is 0 Å². The molecule has 0 aliphatic heterocycles. The van der Waals surface area contributed by atoms with E-state index in [2.05, 4.69) is 9.97 Å². The van der Waals surface area contributed by atoms with Gasteiger partial charge in [0.1, 0.15) is 0 Å². The molecule has 4 nitrogen and oxygen atoms in total. The predicted molar refractivity (Wildman–Crippen MR) is 74.0 cm³/mol. The molecule has 2 N–H and O–H groups in total. The quantitative estimate of drug-likeness (QED) is 0.469. The largest absolute Gasteiger partial charge is 0.316 e. The molecular weight excluding hydrogens is 228 g/mol. The molecule has 0 atom stereocenters. The first-order valence-electron chi connectivity index (χ1n) is 5.89. The highest BCUT2D eigenvalue weighted by Gasteiger charge is 2.00. The van der Waals surface area contributed by atoms with Crippen molar-refractivity contribution in [3.8, 4) is 0 Å². The highest BCUT2D eigenvalue weighted by atomic mass is 16.2. The maximum absolute atomic E-state index is 11.2. The summed E-state index contributed by atoms with van der Waals surface area (Å²) in [7, 11) is 0. The third-order valence-corrected chi connectivity index (χ3v) is 2.59. The number of hydrogen-bond donors (Lipinski definition) is 2. The monoisotopic (exact) mass is 242 g/mol. The first kappa shape index (κ1) is 12.1. The third kappa shape index (κ3) is 2.05. The van der Waals surface area contributed by atoms with Crippen LogP contribution in [-0.4, -0.2) is 9.97 Å². The van der Waals surface area contributed by atoms with Gasteiger partial charge in [-0.2, -0.15) is 0 Å². The fourth-order valence-electron chi connectivity index (χ4n) is 1.81. The number of H-pyrrole nitrogens is 2. The Bertz CT molecular complexity index is 732. The van der Waals surface area contributed by atoms with Crippen LogP contribution in [0.1, 0.15) is 13.8 Å². The fraction of sp³-hybridized carbons (Fsp3) is 0.143. The summed E-state index contributed by atoms with van der Waals surface area (Å²) in [6, 6.07) is 11.5. The van der Waals surface area contributed by atoms with Gasteiger partial charge in [0, 0.05) is 0 Å². The van der Waals surface area contributed by atoms with Crippen LogP contribution in [0.2, 0.25) is 0 Å². The summed E-state index contributed by atoms with van der Waals surface area (Å²) in [4.78, 5) is 27.4. The highest BCUT2D eigenvalue weighted by Crippen LogP contribution is 2.18. The van der Waals surface area contributed by atoms with Crippen LogP contribution in [0.4, 0.5) is 0 Å². The van der Waals surface area contributed by atoms with Crippen molar-refractivity contribution in [2.75, 3.05) is 0 Å². The topological polar surface area (TPSA) is 65.7 Å².